The van der Waals surface area contributed by atoms with Crippen LogP contribution in [-0.4, -0.2) is 35.1 Å². The number of carbonyl (C=O) groups is 1. The summed E-state index contributed by atoms with van der Waals surface area (Å²) in [6.07, 6.45) is 0.748. The van der Waals surface area contributed by atoms with E-state index in [9.17, 15) is 9.90 Å². The van der Waals surface area contributed by atoms with E-state index < -0.39 is 0 Å². The largest absolute Gasteiger partial charge is 0.393 e. The van der Waals surface area contributed by atoms with Gasteiger partial charge in [-0.3, -0.25) is 9.69 Å². The summed E-state index contributed by atoms with van der Waals surface area (Å²) in [7, 11) is 0. The van der Waals surface area contributed by atoms with Gasteiger partial charge >= 0.3 is 0 Å². The highest BCUT2D eigenvalue weighted by atomic mass is 16.3. The van der Waals surface area contributed by atoms with Crippen LogP contribution in [0.15, 0.2) is 24.3 Å². The quantitative estimate of drug-likeness (QED) is 0.835. The van der Waals surface area contributed by atoms with Gasteiger partial charge in [-0.1, -0.05) is 18.2 Å². The summed E-state index contributed by atoms with van der Waals surface area (Å²) in [5.74, 6) is -0.0392. The maximum absolute atomic E-state index is 11.3. The molecule has 1 aromatic carbocycles. The lowest BCUT2D eigenvalue weighted by atomic mass is 10.0. The van der Waals surface area contributed by atoms with Crippen LogP contribution in [0.1, 0.15) is 29.3 Å². The molecule has 0 spiro atoms. The number of aliphatic hydroxyl groups excluding tert-OH is 1. The first-order valence-corrected chi connectivity index (χ1v) is 6.36. The maximum atomic E-state index is 11.3. The predicted octanol–water partition coefficient (Wildman–Crippen LogP) is 0.988. The molecule has 18 heavy (non-hydrogen) atoms. The molecule has 0 aromatic heterocycles. The van der Waals surface area contributed by atoms with Crippen molar-refractivity contribution in [1.29, 1.82) is 0 Å². The van der Waals surface area contributed by atoms with Crippen molar-refractivity contribution in [3.8, 4) is 0 Å². The van der Waals surface area contributed by atoms with Gasteiger partial charge in [0.15, 0.2) is 0 Å². The summed E-state index contributed by atoms with van der Waals surface area (Å²) in [5.41, 5.74) is 6.93. The Hall–Kier alpha value is -1.39. The van der Waals surface area contributed by atoms with Crippen LogP contribution < -0.4 is 5.73 Å². The Morgan fingerprint density at radius 3 is 2.89 bits per heavy atom. The molecule has 2 unspecified atom stereocenters. The molecule has 98 valence electrons. The number of carbonyl (C=O) groups excluding carboxylic acids is 1. The van der Waals surface area contributed by atoms with Crippen molar-refractivity contribution < 1.29 is 9.90 Å². The second-order valence-corrected chi connectivity index (χ2v) is 5.05. The van der Waals surface area contributed by atoms with Gasteiger partial charge in [0, 0.05) is 18.7 Å². The van der Waals surface area contributed by atoms with Gasteiger partial charge in [0.1, 0.15) is 0 Å². The number of rotatable bonds is 4. The van der Waals surface area contributed by atoms with Gasteiger partial charge in [0.25, 0.3) is 0 Å². The fourth-order valence-electron chi connectivity index (χ4n) is 2.54. The van der Waals surface area contributed by atoms with Crippen molar-refractivity contribution in [1.82, 2.24) is 4.90 Å². The molecule has 4 nitrogen and oxygen atoms in total. The highest BCUT2D eigenvalue weighted by molar-refractivity contribution is 5.94. The molecule has 1 aliphatic rings. The lowest BCUT2D eigenvalue weighted by Gasteiger charge is -2.18. The number of benzene rings is 1. The third-order valence-electron chi connectivity index (χ3n) is 3.67. The third-order valence-corrected chi connectivity index (χ3v) is 3.67. The van der Waals surface area contributed by atoms with Crippen molar-refractivity contribution in [2.45, 2.75) is 26.0 Å². The van der Waals surface area contributed by atoms with Crippen LogP contribution in [0, 0.1) is 5.92 Å². The molecule has 2 atom stereocenters. The molecule has 0 aliphatic carbocycles. The highest BCUT2D eigenvalue weighted by Crippen LogP contribution is 2.22. The molecular weight excluding hydrogens is 228 g/mol. The van der Waals surface area contributed by atoms with Gasteiger partial charge in [-0.2, -0.15) is 0 Å². The number of hydrogen-bond acceptors (Lipinski definition) is 3. The average Bonchev–Trinajstić information content (AvgIpc) is 2.78. The molecular formula is C14H20N2O2. The molecule has 0 bridgehead atoms. The number of primary amides is 1. The molecule has 0 saturated carbocycles. The van der Waals surface area contributed by atoms with Crippen LogP contribution in [-0.2, 0) is 6.54 Å². The fraction of sp³-hybridized carbons (Fsp3) is 0.500. The van der Waals surface area contributed by atoms with Gasteiger partial charge in [0.2, 0.25) is 5.91 Å². The van der Waals surface area contributed by atoms with Gasteiger partial charge in [-0.15, -0.1) is 0 Å². The van der Waals surface area contributed by atoms with Crippen LogP contribution in [0.3, 0.4) is 0 Å². The Labute approximate surface area is 107 Å². The van der Waals surface area contributed by atoms with Crippen molar-refractivity contribution in [2.75, 3.05) is 13.1 Å². The molecule has 1 amide bonds. The Bertz CT molecular complexity index is 432. The molecule has 1 aromatic rings. The zero-order chi connectivity index (χ0) is 13.1. The summed E-state index contributed by atoms with van der Waals surface area (Å²) in [4.78, 5) is 13.6. The van der Waals surface area contributed by atoms with E-state index in [1.165, 1.54) is 0 Å². The minimum absolute atomic E-state index is 0.263. The smallest absolute Gasteiger partial charge is 0.249 e. The second-order valence-electron chi connectivity index (χ2n) is 5.05. The summed E-state index contributed by atoms with van der Waals surface area (Å²) in [6.45, 7) is 4.40. The normalized spacial score (nSPS) is 22.0. The van der Waals surface area contributed by atoms with Crippen LogP contribution in [0.2, 0.25) is 0 Å². The van der Waals surface area contributed by atoms with E-state index >= 15 is 0 Å². The zero-order valence-corrected chi connectivity index (χ0v) is 10.7. The first kappa shape index (κ1) is 13.1. The van der Waals surface area contributed by atoms with Crippen molar-refractivity contribution >= 4 is 5.91 Å². The van der Waals surface area contributed by atoms with Crippen LogP contribution in [0.25, 0.3) is 0 Å². The Morgan fingerprint density at radius 1 is 1.56 bits per heavy atom. The summed E-state index contributed by atoms with van der Waals surface area (Å²) in [5, 5.41) is 9.58. The minimum Gasteiger partial charge on any atom is -0.393 e. The Balaban J connectivity index is 2.05. The van der Waals surface area contributed by atoms with Crippen LogP contribution in [0.4, 0.5) is 0 Å². The molecule has 1 saturated heterocycles. The second kappa shape index (κ2) is 5.50. The van der Waals surface area contributed by atoms with Crippen LogP contribution >= 0.6 is 0 Å². The van der Waals surface area contributed by atoms with E-state index in [0.29, 0.717) is 11.5 Å². The molecule has 1 aliphatic heterocycles. The Kier molecular flexibility index (Phi) is 3.99. The number of nitrogens with zero attached hydrogens (tertiary/aromatic N) is 1. The van der Waals surface area contributed by atoms with E-state index in [1.54, 1.807) is 6.07 Å². The molecule has 1 fully saturated rings. The molecule has 3 N–H and O–H groups in total. The van der Waals surface area contributed by atoms with Crippen molar-refractivity contribution in [3.05, 3.63) is 35.4 Å². The fourth-order valence-corrected chi connectivity index (χ4v) is 2.54. The molecule has 4 heteroatoms. The number of likely N-dealkylation sites (tertiary alicyclic amines) is 1. The van der Waals surface area contributed by atoms with Crippen molar-refractivity contribution in [2.24, 2.45) is 11.7 Å². The predicted molar refractivity (Wildman–Crippen MR) is 70.0 cm³/mol. The van der Waals surface area contributed by atoms with Gasteiger partial charge in [-0.05, 0) is 37.4 Å². The number of hydrogen-bond donors (Lipinski definition) is 2. The van der Waals surface area contributed by atoms with E-state index in [4.69, 9.17) is 5.73 Å². The third kappa shape index (κ3) is 2.89. The summed E-state index contributed by atoms with van der Waals surface area (Å²) >= 11 is 0. The highest BCUT2D eigenvalue weighted by Gasteiger charge is 2.26. The zero-order valence-electron chi connectivity index (χ0n) is 10.7. The Morgan fingerprint density at radius 2 is 2.28 bits per heavy atom. The minimum atomic E-state index is -0.378. The van der Waals surface area contributed by atoms with Gasteiger partial charge in [0.05, 0.1) is 6.10 Å². The van der Waals surface area contributed by atoms with E-state index in [2.05, 4.69) is 4.90 Å². The van der Waals surface area contributed by atoms with E-state index in [0.717, 1.165) is 31.6 Å². The topological polar surface area (TPSA) is 66.6 Å². The van der Waals surface area contributed by atoms with Gasteiger partial charge in [-0.25, -0.2) is 0 Å². The first-order chi connectivity index (χ1) is 8.58. The molecule has 2 rings (SSSR count). The first-order valence-electron chi connectivity index (χ1n) is 6.36. The van der Waals surface area contributed by atoms with E-state index in [-0.39, 0.29) is 12.0 Å². The number of amides is 1. The summed E-state index contributed by atoms with van der Waals surface area (Å²) < 4.78 is 0. The van der Waals surface area contributed by atoms with Gasteiger partial charge < -0.3 is 10.8 Å². The number of aliphatic hydroxyl groups is 1. The lowest BCUT2D eigenvalue weighted by molar-refractivity contribution is 0.0997. The van der Waals surface area contributed by atoms with E-state index in [1.807, 2.05) is 25.1 Å². The average molecular weight is 248 g/mol. The molecule has 0 radical (unpaired) electrons. The number of nitrogens with two attached hydrogens (primary N) is 1. The summed E-state index contributed by atoms with van der Waals surface area (Å²) in [6, 6.07) is 7.45. The molecule has 1 heterocycles. The standard InChI is InChI=1S/C14H20N2O2/c1-10(17)11-6-7-16(8-11)9-12-4-2-3-5-13(12)14(15)18/h2-5,10-11,17H,6-9H2,1H3,(H2,15,18). The lowest BCUT2D eigenvalue weighted by Crippen LogP contribution is -2.25. The monoisotopic (exact) mass is 248 g/mol. The SMILES string of the molecule is CC(O)C1CCN(Cc2ccccc2C(N)=O)C1. The van der Waals surface area contributed by atoms with Crippen LogP contribution in [0.5, 0.6) is 0 Å². The van der Waals surface area contributed by atoms with Crippen molar-refractivity contribution in [3.63, 3.8) is 0 Å². The maximum Gasteiger partial charge on any atom is 0.249 e.